The predicted molar refractivity (Wildman–Crippen MR) is 70.3 cm³/mol. The van der Waals surface area contributed by atoms with Crippen LogP contribution in [0.2, 0.25) is 0 Å². The molecule has 0 unspecified atom stereocenters. The van der Waals surface area contributed by atoms with Gasteiger partial charge in [-0.05, 0) is 48.0 Å². The van der Waals surface area contributed by atoms with Gasteiger partial charge in [-0.15, -0.1) is 0 Å². The van der Waals surface area contributed by atoms with Crippen LogP contribution in [-0.2, 0) is 4.79 Å². The largest absolute Gasteiger partial charge is 0.384 e. The number of halogens is 1. The van der Waals surface area contributed by atoms with E-state index in [1.165, 1.54) is 0 Å². The van der Waals surface area contributed by atoms with Crippen molar-refractivity contribution in [1.82, 2.24) is 0 Å². The Morgan fingerprint density at radius 1 is 1.59 bits per heavy atom. The Morgan fingerprint density at radius 3 is 2.71 bits per heavy atom. The molecule has 0 atom stereocenters. The highest BCUT2D eigenvalue weighted by atomic mass is 79.9. The van der Waals surface area contributed by atoms with Gasteiger partial charge >= 0.3 is 0 Å². The van der Waals surface area contributed by atoms with Gasteiger partial charge in [0.05, 0.1) is 11.0 Å². The second-order valence-corrected chi connectivity index (χ2v) is 5.26. The highest BCUT2D eigenvalue weighted by Crippen LogP contribution is 2.22. The summed E-state index contributed by atoms with van der Waals surface area (Å²) in [4.78, 5) is 11.1. The molecule has 0 aliphatic heterocycles. The number of anilines is 1. The summed E-state index contributed by atoms with van der Waals surface area (Å²) in [6, 6.07) is 7.37. The van der Waals surface area contributed by atoms with Gasteiger partial charge in [0.2, 0.25) is 5.91 Å². The topological polar surface area (TPSA) is 78.9 Å². The van der Waals surface area contributed by atoms with Gasteiger partial charge in [0.15, 0.2) is 0 Å². The molecule has 0 fully saturated rings. The number of primary amides is 1. The van der Waals surface area contributed by atoms with Crippen LogP contribution in [0.4, 0.5) is 5.69 Å². The standard InChI is InChI=1S/C12H14BrN3O/c1-12(2,11(15)17)7-16-9-4-3-8(6-14)10(13)5-9/h3-5,16H,7H2,1-2H3,(H2,15,17). The van der Waals surface area contributed by atoms with E-state index in [0.29, 0.717) is 12.1 Å². The van der Waals surface area contributed by atoms with Crippen molar-refractivity contribution in [3.05, 3.63) is 28.2 Å². The average molecular weight is 296 g/mol. The molecule has 0 saturated heterocycles. The van der Waals surface area contributed by atoms with Crippen LogP contribution in [0.25, 0.3) is 0 Å². The summed E-state index contributed by atoms with van der Waals surface area (Å²) in [6.45, 7) is 4.00. The summed E-state index contributed by atoms with van der Waals surface area (Å²) < 4.78 is 0.724. The summed E-state index contributed by atoms with van der Waals surface area (Å²) >= 11 is 3.30. The third kappa shape index (κ3) is 3.46. The number of hydrogen-bond acceptors (Lipinski definition) is 3. The fourth-order valence-electron chi connectivity index (χ4n) is 1.13. The summed E-state index contributed by atoms with van der Waals surface area (Å²) in [5.74, 6) is -0.349. The first-order valence-corrected chi connectivity index (χ1v) is 5.89. The Labute approximate surface area is 109 Å². The van der Waals surface area contributed by atoms with E-state index in [4.69, 9.17) is 11.0 Å². The molecule has 0 saturated carbocycles. The van der Waals surface area contributed by atoms with Crippen LogP contribution in [0.5, 0.6) is 0 Å². The van der Waals surface area contributed by atoms with Crippen molar-refractivity contribution >= 4 is 27.5 Å². The first-order chi connectivity index (χ1) is 7.86. The normalized spacial score (nSPS) is 10.7. The van der Waals surface area contributed by atoms with Crippen molar-refractivity contribution in [1.29, 1.82) is 5.26 Å². The molecular formula is C12H14BrN3O. The predicted octanol–water partition coefficient (Wildman–Crippen LogP) is 2.24. The minimum Gasteiger partial charge on any atom is -0.384 e. The first-order valence-electron chi connectivity index (χ1n) is 5.10. The summed E-state index contributed by atoms with van der Waals surface area (Å²) in [7, 11) is 0. The van der Waals surface area contributed by atoms with Crippen molar-refractivity contribution in [2.75, 3.05) is 11.9 Å². The molecule has 0 heterocycles. The molecule has 1 aromatic rings. The Balaban J connectivity index is 2.75. The number of rotatable bonds is 4. The molecule has 1 amide bonds. The van der Waals surface area contributed by atoms with Gasteiger partial charge < -0.3 is 11.1 Å². The van der Waals surface area contributed by atoms with Crippen LogP contribution in [-0.4, -0.2) is 12.5 Å². The molecule has 1 aromatic carbocycles. The molecule has 0 bridgehead atoms. The maximum absolute atomic E-state index is 11.1. The smallest absolute Gasteiger partial charge is 0.224 e. The van der Waals surface area contributed by atoms with Gasteiger partial charge in [0.25, 0.3) is 0 Å². The molecule has 0 aliphatic rings. The van der Waals surface area contributed by atoms with Crippen LogP contribution in [0.3, 0.4) is 0 Å². The monoisotopic (exact) mass is 295 g/mol. The molecule has 90 valence electrons. The van der Waals surface area contributed by atoms with E-state index in [2.05, 4.69) is 27.3 Å². The van der Waals surface area contributed by atoms with E-state index < -0.39 is 5.41 Å². The van der Waals surface area contributed by atoms with Crippen LogP contribution >= 0.6 is 15.9 Å². The zero-order chi connectivity index (χ0) is 13.1. The number of benzene rings is 1. The van der Waals surface area contributed by atoms with E-state index in [9.17, 15) is 4.79 Å². The fourth-order valence-corrected chi connectivity index (χ4v) is 1.59. The SMILES string of the molecule is CC(C)(CNc1ccc(C#N)c(Br)c1)C(N)=O. The Morgan fingerprint density at radius 2 is 2.24 bits per heavy atom. The number of carbonyl (C=O) groups excluding carboxylic acids is 1. The van der Waals surface area contributed by atoms with E-state index in [1.54, 1.807) is 32.0 Å². The second kappa shape index (κ2) is 5.19. The molecular weight excluding hydrogens is 282 g/mol. The maximum Gasteiger partial charge on any atom is 0.224 e. The third-order valence-electron chi connectivity index (χ3n) is 2.49. The first kappa shape index (κ1) is 13.5. The molecule has 1 rings (SSSR count). The molecule has 3 N–H and O–H groups in total. The Bertz CT molecular complexity index is 477. The third-order valence-corrected chi connectivity index (χ3v) is 3.15. The lowest BCUT2D eigenvalue weighted by atomic mass is 9.92. The molecule has 0 spiro atoms. The number of nitrogens with one attached hydrogen (secondary N) is 1. The fraction of sp³-hybridized carbons (Fsp3) is 0.333. The number of hydrogen-bond donors (Lipinski definition) is 2. The summed E-state index contributed by atoms with van der Waals surface area (Å²) in [5.41, 5.74) is 6.08. The van der Waals surface area contributed by atoms with Crippen LogP contribution in [0.1, 0.15) is 19.4 Å². The van der Waals surface area contributed by atoms with Crippen LogP contribution in [0.15, 0.2) is 22.7 Å². The van der Waals surface area contributed by atoms with Crippen molar-refractivity contribution in [3.63, 3.8) is 0 Å². The number of nitrogens with zero attached hydrogens (tertiary/aromatic N) is 1. The van der Waals surface area contributed by atoms with Gasteiger partial charge in [0.1, 0.15) is 6.07 Å². The lowest BCUT2D eigenvalue weighted by Crippen LogP contribution is -2.37. The van der Waals surface area contributed by atoms with Gasteiger partial charge in [-0.2, -0.15) is 5.26 Å². The molecule has 17 heavy (non-hydrogen) atoms. The van der Waals surface area contributed by atoms with Crippen LogP contribution < -0.4 is 11.1 Å². The van der Waals surface area contributed by atoms with Crippen molar-refractivity contribution in [2.45, 2.75) is 13.8 Å². The Kier molecular flexibility index (Phi) is 4.13. The highest BCUT2D eigenvalue weighted by molar-refractivity contribution is 9.10. The van der Waals surface area contributed by atoms with Crippen molar-refractivity contribution in [2.24, 2.45) is 11.1 Å². The Hall–Kier alpha value is -1.54. The molecule has 4 nitrogen and oxygen atoms in total. The number of nitrogens with two attached hydrogens (primary N) is 1. The van der Waals surface area contributed by atoms with Gasteiger partial charge in [-0.1, -0.05) is 0 Å². The number of nitriles is 1. The van der Waals surface area contributed by atoms with E-state index in [0.717, 1.165) is 10.2 Å². The van der Waals surface area contributed by atoms with E-state index >= 15 is 0 Å². The van der Waals surface area contributed by atoms with Crippen molar-refractivity contribution < 1.29 is 4.79 Å². The molecule has 5 heteroatoms. The molecule has 0 aliphatic carbocycles. The minimum atomic E-state index is -0.611. The highest BCUT2D eigenvalue weighted by Gasteiger charge is 2.24. The second-order valence-electron chi connectivity index (χ2n) is 4.41. The average Bonchev–Trinajstić information content (AvgIpc) is 2.26. The summed E-state index contributed by atoms with van der Waals surface area (Å²) in [5, 5.41) is 11.9. The lowest BCUT2D eigenvalue weighted by molar-refractivity contribution is -0.125. The van der Waals surface area contributed by atoms with E-state index in [1.807, 2.05) is 0 Å². The molecule has 0 aromatic heterocycles. The number of amides is 1. The summed E-state index contributed by atoms with van der Waals surface area (Å²) in [6.07, 6.45) is 0. The zero-order valence-electron chi connectivity index (χ0n) is 9.75. The zero-order valence-corrected chi connectivity index (χ0v) is 11.3. The quantitative estimate of drug-likeness (QED) is 0.894. The van der Waals surface area contributed by atoms with E-state index in [-0.39, 0.29) is 5.91 Å². The van der Waals surface area contributed by atoms with Crippen LogP contribution in [0, 0.1) is 16.7 Å². The van der Waals surface area contributed by atoms with Gasteiger partial charge in [-0.3, -0.25) is 4.79 Å². The maximum atomic E-state index is 11.1. The number of carbonyl (C=O) groups is 1. The molecule has 0 radical (unpaired) electrons. The lowest BCUT2D eigenvalue weighted by Gasteiger charge is -2.21. The van der Waals surface area contributed by atoms with Gasteiger partial charge in [-0.25, -0.2) is 0 Å². The van der Waals surface area contributed by atoms with Crippen molar-refractivity contribution in [3.8, 4) is 6.07 Å². The van der Waals surface area contributed by atoms with Gasteiger partial charge in [0, 0.05) is 16.7 Å². The minimum absolute atomic E-state index is 0.349.